The molecule has 0 bridgehead atoms. The van der Waals surface area contributed by atoms with Crippen LogP contribution in [0.4, 0.5) is 18.0 Å². The molecule has 3 unspecified atom stereocenters. The zero-order valence-corrected chi connectivity index (χ0v) is 7.67. The molecule has 0 radical (unpaired) electrons. The molecule has 3 atom stereocenters. The smallest absolute Gasteiger partial charge is 0.412 e. The van der Waals surface area contributed by atoms with E-state index >= 15 is 0 Å². The van der Waals surface area contributed by atoms with Crippen LogP contribution < -0.4 is 0 Å². The van der Waals surface area contributed by atoms with Gasteiger partial charge in [0.2, 0.25) is 0 Å². The number of carbonyl (C=O) groups excluding carboxylic acids is 1. The summed E-state index contributed by atoms with van der Waals surface area (Å²) in [5.41, 5.74) is 0. The first kappa shape index (κ1) is 11.2. The van der Waals surface area contributed by atoms with Crippen molar-refractivity contribution in [3.8, 4) is 0 Å². The number of hydrogen-bond acceptors (Lipinski definition) is 5. The maximum absolute atomic E-state index is 12.1. The first-order valence-corrected chi connectivity index (χ1v) is 4.55. The van der Waals surface area contributed by atoms with Gasteiger partial charge in [0.15, 0.2) is 0 Å². The summed E-state index contributed by atoms with van der Waals surface area (Å²) in [5, 5.41) is 0. The van der Waals surface area contributed by atoms with Crippen molar-refractivity contribution in [2.24, 2.45) is 0 Å². The average molecular weight is 233 g/mol. The molecule has 80 valence electrons. The van der Waals surface area contributed by atoms with Crippen molar-refractivity contribution in [2.45, 2.75) is 18.1 Å². The van der Waals surface area contributed by atoms with E-state index in [4.69, 9.17) is 0 Å². The van der Waals surface area contributed by atoms with Crippen LogP contribution in [0.3, 0.4) is 0 Å². The van der Waals surface area contributed by atoms with E-state index in [9.17, 15) is 22.5 Å². The number of rotatable bonds is 2. The fourth-order valence-electron chi connectivity index (χ4n) is 0.836. The Labute approximate surface area is 77.0 Å². The number of halogens is 3. The monoisotopic (exact) mass is 233 g/mol. The Kier molecular flexibility index (Phi) is 2.96. The Morgan fingerprint density at radius 1 is 1.43 bits per heavy atom. The van der Waals surface area contributed by atoms with Gasteiger partial charge >= 0.3 is 26.2 Å². The molecule has 0 amide bonds. The van der Waals surface area contributed by atoms with Crippen LogP contribution in [0.5, 0.6) is 0 Å². The SMILES string of the molecule is CO[P+](=O)C1OC(=O)OC1C(F)(F)F. The van der Waals surface area contributed by atoms with Crippen molar-refractivity contribution in [2.75, 3.05) is 7.11 Å². The summed E-state index contributed by atoms with van der Waals surface area (Å²) in [4.78, 5) is 10.4. The van der Waals surface area contributed by atoms with Crippen molar-refractivity contribution in [1.29, 1.82) is 0 Å². The second-order valence-corrected chi connectivity index (χ2v) is 3.75. The molecule has 0 N–H and O–H groups in total. The zero-order valence-electron chi connectivity index (χ0n) is 6.78. The molecule has 1 aliphatic rings. The minimum atomic E-state index is -4.82. The summed E-state index contributed by atoms with van der Waals surface area (Å²) in [6.07, 6.45) is -8.85. The third-order valence-electron chi connectivity index (χ3n) is 1.41. The molecular weight excluding hydrogens is 228 g/mol. The summed E-state index contributed by atoms with van der Waals surface area (Å²) >= 11 is 0. The van der Waals surface area contributed by atoms with Gasteiger partial charge < -0.3 is 9.47 Å². The lowest BCUT2D eigenvalue weighted by molar-refractivity contribution is -0.197. The van der Waals surface area contributed by atoms with E-state index in [0.717, 1.165) is 7.11 Å². The number of alkyl halides is 3. The van der Waals surface area contributed by atoms with Crippen molar-refractivity contribution < 1.29 is 36.5 Å². The van der Waals surface area contributed by atoms with Crippen molar-refractivity contribution in [3.63, 3.8) is 0 Å². The molecule has 0 aliphatic carbocycles. The first-order chi connectivity index (χ1) is 6.36. The van der Waals surface area contributed by atoms with Gasteiger partial charge in [0.1, 0.15) is 0 Å². The van der Waals surface area contributed by atoms with Crippen LogP contribution in [-0.4, -0.2) is 31.4 Å². The average Bonchev–Trinajstić information content (AvgIpc) is 2.45. The molecule has 0 spiro atoms. The van der Waals surface area contributed by atoms with Crippen LogP contribution >= 0.6 is 8.03 Å². The van der Waals surface area contributed by atoms with Crippen LogP contribution in [0.2, 0.25) is 0 Å². The molecule has 0 aromatic rings. The van der Waals surface area contributed by atoms with Gasteiger partial charge in [-0.2, -0.15) is 13.2 Å². The first-order valence-electron chi connectivity index (χ1n) is 3.30. The van der Waals surface area contributed by atoms with Crippen LogP contribution in [0.1, 0.15) is 0 Å². The lowest BCUT2D eigenvalue weighted by Gasteiger charge is -2.10. The Morgan fingerprint density at radius 3 is 2.43 bits per heavy atom. The summed E-state index contributed by atoms with van der Waals surface area (Å²) in [5.74, 6) is -1.93. The quantitative estimate of drug-likeness (QED) is 0.537. The molecule has 9 heteroatoms. The predicted octanol–water partition coefficient (Wildman–Crippen LogP) is 1.80. The predicted molar refractivity (Wildman–Crippen MR) is 35.8 cm³/mol. The number of hydrogen-bond donors (Lipinski definition) is 0. The maximum Gasteiger partial charge on any atom is 0.558 e. The fourth-order valence-corrected chi connectivity index (χ4v) is 1.67. The van der Waals surface area contributed by atoms with Gasteiger partial charge in [0.05, 0.1) is 7.11 Å². The van der Waals surface area contributed by atoms with E-state index < -0.39 is 32.3 Å². The van der Waals surface area contributed by atoms with Gasteiger partial charge in [-0.3, -0.25) is 0 Å². The van der Waals surface area contributed by atoms with Gasteiger partial charge in [-0.1, -0.05) is 0 Å². The second-order valence-electron chi connectivity index (χ2n) is 2.31. The highest BCUT2D eigenvalue weighted by Gasteiger charge is 2.63. The highest BCUT2D eigenvalue weighted by Crippen LogP contribution is 2.42. The van der Waals surface area contributed by atoms with Gasteiger partial charge in [-0.25, -0.2) is 4.79 Å². The molecule has 1 saturated heterocycles. The summed E-state index contributed by atoms with van der Waals surface area (Å²) in [7, 11) is -1.80. The van der Waals surface area contributed by atoms with Gasteiger partial charge in [-0.05, 0) is 4.57 Å². The Bertz CT molecular complexity index is 265. The Hall–Kier alpha value is -0.880. The molecule has 1 heterocycles. The molecule has 1 rings (SSSR count). The number of cyclic esters (lactones) is 2. The van der Waals surface area contributed by atoms with E-state index in [1.165, 1.54) is 0 Å². The lowest BCUT2D eigenvalue weighted by atomic mass is 10.4. The lowest BCUT2D eigenvalue weighted by Crippen LogP contribution is -2.35. The summed E-state index contributed by atoms with van der Waals surface area (Å²) in [6.45, 7) is 0. The third kappa shape index (κ3) is 2.13. The van der Waals surface area contributed by atoms with E-state index in [1.54, 1.807) is 0 Å². The fraction of sp³-hybridized carbons (Fsp3) is 0.800. The van der Waals surface area contributed by atoms with Gasteiger partial charge in [-0.15, -0.1) is 4.52 Å². The normalized spacial score (nSPS) is 28.3. The molecular formula is C5H5F3O5P+. The Morgan fingerprint density at radius 2 is 2.00 bits per heavy atom. The van der Waals surface area contributed by atoms with Crippen LogP contribution in [0, 0.1) is 0 Å². The molecule has 1 fully saturated rings. The number of ether oxygens (including phenoxy) is 2. The van der Waals surface area contributed by atoms with Crippen molar-refractivity contribution in [3.05, 3.63) is 0 Å². The maximum atomic E-state index is 12.1. The Balaban J connectivity index is 2.83. The van der Waals surface area contributed by atoms with Gasteiger partial charge in [0.25, 0.3) is 6.10 Å². The topological polar surface area (TPSA) is 61.8 Å². The molecule has 0 aromatic carbocycles. The van der Waals surface area contributed by atoms with E-state index in [1.807, 2.05) is 0 Å². The van der Waals surface area contributed by atoms with Crippen molar-refractivity contribution >= 4 is 14.2 Å². The zero-order chi connectivity index (χ0) is 10.9. The van der Waals surface area contributed by atoms with Crippen molar-refractivity contribution in [1.82, 2.24) is 0 Å². The highest BCUT2D eigenvalue weighted by atomic mass is 31.1. The summed E-state index contributed by atoms with van der Waals surface area (Å²) in [6, 6.07) is 0. The molecule has 5 nitrogen and oxygen atoms in total. The molecule has 14 heavy (non-hydrogen) atoms. The van der Waals surface area contributed by atoms with E-state index in [-0.39, 0.29) is 0 Å². The van der Waals surface area contributed by atoms with Crippen LogP contribution in [0.15, 0.2) is 0 Å². The molecule has 1 aliphatic heterocycles. The third-order valence-corrected chi connectivity index (χ3v) is 2.56. The largest absolute Gasteiger partial charge is 0.558 e. The summed E-state index contributed by atoms with van der Waals surface area (Å²) < 4.78 is 59.3. The molecule has 0 aromatic heterocycles. The molecule has 0 saturated carbocycles. The van der Waals surface area contributed by atoms with Gasteiger partial charge in [0, 0.05) is 0 Å². The minimum absolute atomic E-state index is 0.943. The second kappa shape index (κ2) is 3.70. The van der Waals surface area contributed by atoms with Crippen LogP contribution in [-0.2, 0) is 18.6 Å². The van der Waals surface area contributed by atoms with E-state index in [0.29, 0.717) is 0 Å². The van der Waals surface area contributed by atoms with Crippen LogP contribution in [0.25, 0.3) is 0 Å². The highest BCUT2D eigenvalue weighted by molar-refractivity contribution is 7.39. The minimum Gasteiger partial charge on any atom is -0.412 e. The standard InChI is InChI=1S/C5H5F3O5P/c1-11-14(10)3-2(5(6,7)8)12-4(9)13-3/h2-3H,1H3/q+1. The number of carbonyl (C=O) groups is 1. The van der Waals surface area contributed by atoms with E-state index in [2.05, 4.69) is 14.0 Å².